The molecule has 2 heterocycles. The maximum atomic E-state index is 12.3. The Balaban J connectivity index is 1.90. The predicted molar refractivity (Wildman–Crippen MR) is 99.1 cm³/mol. The van der Waals surface area contributed by atoms with Crippen molar-refractivity contribution < 1.29 is 22.7 Å². The number of para-hydroxylation sites is 1. The highest BCUT2D eigenvalue weighted by Gasteiger charge is 2.33. The Bertz CT molecular complexity index is 994. The Morgan fingerprint density at radius 2 is 1.96 bits per heavy atom. The summed E-state index contributed by atoms with van der Waals surface area (Å²) in [4.78, 5) is 23.8. The first-order valence-electron chi connectivity index (χ1n) is 8.63. The van der Waals surface area contributed by atoms with E-state index in [1.54, 1.807) is 11.6 Å². The molecular formula is C18H21N3O5S. The third-order valence-electron chi connectivity index (χ3n) is 4.25. The van der Waals surface area contributed by atoms with E-state index in [9.17, 15) is 18.0 Å². The van der Waals surface area contributed by atoms with E-state index in [0.29, 0.717) is 17.1 Å². The van der Waals surface area contributed by atoms with Crippen molar-refractivity contribution in [3.8, 4) is 5.69 Å². The topological polar surface area (TPSA) is 107 Å². The van der Waals surface area contributed by atoms with Crippen LogP contribution in [0.5, 0.6) is 0 Å². The summed E-state index contributed by atoms with van der Waals surface area (Å²) in [6.45, 7) is 3.86. The Hall–Kier alpha value is -2.68. The molecule has 0 aliphatic carbocycles. The summed E-state index contributed by atoms with van der Waals surface area (Å²) in [7, 11) is -3.26. The average molecular weight is 391 g/mol. The number of hydrogen-bond donors (Lipinski definition) is 1. The van der Waals surface area contributed by atoms with Crippen LogP contribution in [0.15, 0.2) is 24.3 Å². The van der Waals surface area contributed by atoms with Crippen LogP contribution in [-0.4, -0.2) is 36.7 Å². The van der Waals surface area contributed by atoms with Crippen LogP contribution in [0, 0.1) is 6.92 Å². The minimum Gasteiger partial charge on any atom is -0.466 e. The van der Waals surface area contributed by atoms with Crippen LogP contribution in [0.1, 0.15) is 36.6 Å². The molecule has 144 valence electrons. The number of fused-ring (bicyclic) bond motifs is 1. The molecule has 0 atom stereocenters. The zero-order valence-electron chi connectivity index (χ0n) is 15.2. The molecular weight excluding hydrogens is 370 g/mol. The molecule has 9 heteroatoms. The highest BCUT2D eigenvalue weighted by Crippen LogP contribution is 2.33. The minimum absolute atomic E-state index is 0.0430. The van der Waals surface area contributed by atoms with Crippen LogP contribution in [0.3, 0.4) is 0 Å². The van der Waals surface area contributed by atoms with E-state index in [2.05, 4.69) is 10.4 Å². The fourth-order valence-electron chi connectivity index (χ4n) is 2.99. The number of hydrogen-bond acceptors (Lipinski definition) is 6. The van der Waals surface area contributed by atoms with Gasteiger partial charge in [0.2, 0.25) is 5.91 Å². The third kappa shape index (κ3) is 4.19. The molecule has 1 amide bonds. The van der Waals surface area contributed by atoms with Gasteiger partial charge in [0, 0.05) is 12.0 Å². The van der Waals surface area contributed by atoms with Crippen molar-refractivity contribution in [1.82, 2.24) is 9.78 Å². The number of aromatic nitrogens is 2. The summed E-state index contributed by atoms with van der Waals surface area (Å²) in [6, 6.07) is 7.49. The number of carbonyl (C=O) groups is 2. The lowest BCUT2D eigenvalue weighted by atomic mass is 10.2. The maximum absolute atomic E-state index is 12.3. The fraction of sp³-hybridized carbons (Fsp3) is 0.389. The quantitative estimate of drug-likeness (QED) is 0.754. The van der Waals surface area contributed by atoms with Gasteiger partial charge in [-0.15, -0.1) is 0 Å². The number of amides is 1. The lowest BCUT2D eigenvalue weighted by Crippen LogP contribution is -2.18. The molecule has 27 heavy (non-hydrogen) atoms. The summed E-state index contributed by atoms with van der Waals surface area (Å²) in [6.07, 6.45) is -0.0992. The molecule has 0 saturated heterocycles. The van der Waals surface area contributed by atoms with E-state index >= 15 is 0 Å². The predicted octanol–water partition coefficient (Wildman–Crippen LogP) is 1.89. The molecule has 0 fully saturated rings. The molecule has 3 rings (SSSR count). The van der Waals surface area contributed by atoms with Gasteiger partial charge >= 0.3 is 5.97 Å². The van der Waals surface area contributed by atoms with Crippen molar-refractivity contribution in [2.45, 2.75) is 38.2 Å². The van der Waals surface area contributed by atoms with E-state index in [1.807, 2.05) is 31.2 Å². The average Bonchev–Trinajstić information content (AvgIpc) is 3.06. The zero-order valence-corrected chi connectivity index (χ0v) is 16.0. The van der Waals surface area contributed by atoms with Gasteiger partial charge in [0.1, 0.15) is 5.82 Å². The zero-order chi connectivity index (χ0) is 19.6. The first-order chi connectivity index (χ1) is 12.8. The standard InChI is InChI=1S/C18H21N3O5S/c1-3-26-17(23)9-8-16(22)19-18-13-10-27(24,25)11-14(13)20-21(18)15-7-5-4-6-12(15)2/h4-7H,3,8-11H2,1-2H3,(H,19,22). The lowest BCUT2D eigenvalue weighted by Gasteiger charge is -2.13. The number of nitrogens with zero attached hydrogens (tertiary/aromatic N) is 2. The van der Waals surface area contributed by atoms with E-state index < -0.39 is 21.7 Å². The number of rotatable bonds is 6. The van der Waals surface area contributed by atoms with Gasteiger partial charge in [0.25, 0.3) is 0 Å². The number of ether oxygens (including phenoxy) is 1. The first kappa shape index (κ1) is 19.1. The number of sulfone groups is 1. The molecule has 0 saturated carbocycles. The molecule has 8 nitrogen and oxygen atoms in total. The summed E-state index contributed by atoms with van der Waals surface area (Å²) in [5.41, 5.74) is 2.63. The molecule has 0 unspecified atom stereocenters. The van der Waals surface area contributed by atoms with Crippen LogP contribution < -0.4 is 5.32 Å². The Morgan fingerprint density at radius 3 is 2.67 bits per heavy atom. The van der Waals surface area contributed by atoms with Gasteiger partial charge in [-0.25, -0.2) is 13.1 Å². The molecule has 1 aromatic heterocycles. The summed E-state index contributed by atoms with van der Waals surface area (Å²) in [5.74, 6) is -0.818. The molecule has 2 aromatic rings. The van der Waals surface area contributed by atoms with Crippen molar-refractivity contribution >= 4 is 27.5 Å². The normalized spacial score (nSPS) is 14.6. The van der Waals surface area contributed by atoms with Crippen LogP contribution >= 0.6 is 0 Å². The number of anilines is 1. The highest BCUT2D eigenvalue weighted by molar-refractivity contribution is 7.90. The third-order valence-corrected chi connectivity index (χ3v) is 5.69. The molecule has 0 radical (unpaired) electrons. The van der Waals surface area contributed by atoms with Gasteiger partial charge in [-0.05, 0) is 25.5 Å². The van der Waals surface area contributed by atoms with Crippen LogP contribution in [0.2, 0.25) is 0 Å². The molecule has 1 N–H and O–H groups in total. The van der Waals surface area contributed by atoms with Crippen molar-refractivity contribution in [3.05, 3.63) is 41.1 Å². The maximum Gasteiger partial charge on any atom is 0.306 e. The second-order valence-electron chi connectivity index (χ2n) is 6.36. The monoisotopic (exact) mass is 391 g/mol. The second kappa shape index (κ2) is 7.51. The largest absolute Gasteiger partial charge is 0.466 e. The molecule has 1 aromatic carbocycles. The minimum atomic E-state index is -3.26. The van der Waals surface area contributed by atoms with Gasteiger partial charge in [-0.3, -0.25) is 9.59 Å². The molecule has 0 spiro atoms. The van der Waals surface area contributed by atoms with Crippen LogP contribution in [-0.2, 0) is 35.7 Å². The van der Waals surface area contributed by atoms with E-state index in [4.69, 9.17) is 4.74 Å². The van der Waals surface area contributed by atoms with Gasteiger partial charge in [0.05, 0.1) is 35.9 Å². The fourth-order valence-corrected chi connectivity index (χ4v) is 4.48. The van der Waals surface area contributed by atoms with Crippen molar-refractivity contribution in [2.75, 3.05) is 11.9 Å². The van der Waals surface area contributed by atoms with Crippen molar-refractivity contribution in [2.24, 2.45) is 0 Å². The molecule has 0 bridgehead atoms. The summed E-state index contributed by atoms with van der Waals surface area (Å²) < 4.78 is 30.3. The van der Waals surface area contributed by atoms with E-state index in [1.165, 1.54) is 0 Å². The summed E-state index contributed by atoms with van der Waals surface area (Å²) in [5, 5.41) is 7.17. The number of benzene rings is 1. The number of aryl methyl sites for hydroxylation is 1. The highest BCUT2D eigenvalue weighted by atomic mass is 32.2. The van der Waals surface area contributed by atoms with Crippen LogP contribution in [0.25, 0.3) is 5.69 Å². The first-order valence-corrected chi connectivity index (χ1v) is 10.5. The van der Waals surface area contributed by atoms with Crippen molar-refractivity contribution in [3.63, 3.8) is 0 Å². The van der Waals surface area contributed by atoms with Crippen molar-refractivity contribution in [1.29, 1.82) is 0 Å². The smallest absolute Gasteiger partial charge is 0.306 e. The molecule has 1 aliphatic rings. The van der Waals surface area contributed by atoms with Gasteiger partial charge < -0.3 is 10.1 Å². The van der Waals surface area contributed by atoms with E-state index in [0.717, 1.165) is 11.3 Å². The van der Waals surface area contributed by atoms with Gasteiger partial charge in [-0.1, -0.05) is 18.2 Å². The Kier molecular flexibility index (Phi) is 5.31. The lowest BCUT2D eigenvalue weighted by molar-refractivity contribution is -0.144. The summed E-state index contributed by atoms with van der Waals surface area (Å²) >= 11 is 0. The Labute approximate surface area is 157 Å². The van der Waals surface area contributed by atoms with Crippen LogP contribution in [0.4, 0.5) is 5.82 Å². The second-order valence-corrected chi connectivity index (χ2v) is 8.42. The van der Waals surface area contributed by atoms with Gasteiger partial charge in [-0.2, -0.15) is 5.10 Å². The number of nitrogens with one attached hydrogen (secondary N) is 1. The SMILES string of the molecule is CCOC(=O)CCC(=O)Nc1c2c(nn1-c1ccccc1C)CS(=O)(=O)C2. The van der Waals surface area contributed by atoms with Gasteiger partial charge in [0.15, 0.2) is 9.84 Å². The number of carbonyl (C=O) groups excluding carboxylic acids is 2. The van der Waals surface area contributed by atoms with E-state index in [-0.39, 0.29) is 31.0 Å². The number of esters is 1. The molecule has 1 aliphatic heterocycles. The Morgan fingerprint density at radius 1 is 1.22 bits per heavy atom.